The van der Waals surface area contributed by atoms with Crippen molar-refractivity contribution >= 4 is 17.0 Å². The fraction of sp³-hybridized carbons (Fsp3) is 0.412. The van der Waals surface area contributed by atoms with E-state index in [1.807, 2.05) is 24.3 Å². The van der Waals surface area contributed by atoms with Crippen molar-refractivity contribution in [1.82, 2.24) is 24.6 Å². The number of amides is 1. The summed E-state index contributed by atoms with van der Waals surface area (Å²) in [6, 6.07) is 7.46. The fourth-order valence-corrected chi connectivity index (χ4v) is 3.25. The van der Waals surface area contributed by atoms with Gasteiger partial charge in [0.25, 0.3) is 0 Å². The number of nitrogens with zero attached hydrogens (tertiary/aromatic N) is 4. The number of rotatable bonds is 3. The molecule has 0 saturated heterocycles. The van der Waals surface area contributed by atoms with Gasteiger partial charge < -0.3 is 9.73 Å². The Morgan fingerprint density at radius 3 is 3.04 bits per heavy atom. The third-order valence-electron chi connectivity index (χ3n) is 4.52. The van der Waals surface area contributed by atoms with Crippen LogP contribution in [-0.4, -0.2) is 31.3 Å². The minimum Gasteiger partial charge on any atom is -0.440 e. The minimum atomic E-state index is -0.121. The predicted molar refractivity (Wildman–Crippen MR) is 90.0 cm³/mol. The van der Waals surface area contributed by atoms with Crippen molar-refractivity contribution in [1.29, 1.82) is 0 Å². The van der Waals surface area contributed by atoms with Gasteiger partial charge in [-0.25, -0.2) is 14.5 Å². The Kier molecular flexibility index (Phi) is 3.87. The van der Waals surface area contributed by atoms with Crippen molar-refractivity contribution in [2.24, 2.45) is 7.05 Å². The van der Waals surface area contributed by atoms with Gasteiger partial charge >= 0.3 is 5.69 Å². The number of hydrogen-bond acceptors (Lipinski definition) is 5. The van der Waals surface area contributed by atoms with Gasteiger partial charge in [-0.3, -0.25) is 9.36 Å². The molecule has 1 aliphatic rings. The van der Waals surface area contributed by atoms with Crippen LogP contribution in [0.5, 0.6) is 0 Å². The molecule has 3 aromatic rings. The van der Waals surface area contributed by atoms with Crippen LogP contribution in [0.15, 0.2) is 33.5 Å². The van der Waals surface area contributed by atoms with E-state index in [0.717, 1.165) is 17.8 Å². The maximum absolute atomic E-state index is 12.3. The average Bonchev–Trinajstić information content (AvgIpc) is 3.03. The van der Waals surface area contributed by atoms with Crippen LogP contribution < -0.4 is 11.0 Å². The van der Waals surface area contributed by atoms with Gasteiger partial charge in [0.2, 0.25) is 11.8 Å². The van der Waals surface area contributed by atoms with E-state index in [0.29, 0.717) is 30.9 Å². The Morgan fingerprint density at radius 2 is 2.20 bits per heavy atom. The number of carbonyl (C=O) groups excluding carboxylic acids is 1. The molecular formula is C17H19N5O3. The zero-order valence-corrected chi connectivity index (χ0v) is 13.9. The van der Waals surface area contributed by atoms with E-state index in [-0.39, 0.29) is 24.1 Å². The molecule has 25 heavy (non-hydrogen) atoms. The first-order valence-corrected chi connectivity index (χ1v) is 8.36. The molecule has 8 heteroatoms. The average molecular weight is 341 g/mol. The molecule has 0 aliphatic carbocycles. The van der Waals surface area contributed by atoms with Crippen molar-refractivity contribution in [3.8, 4) is 0 Å². The monoisotopic (exact) mass is 341 g/mol. The highest BCUT2D eigenvalue weighted by atomic mass is 16.3. The largest absolute Gasteiger partial charge is 0.440 e. The Morgan fingerprint density at radius 1 is 1.36 bits per heavy atom. The van der Waals surface area contributed by atoms with E-state index in [4.69, 9.17) is 4.42 Å². The zero-order chi connectivity index (χ0) is 17.4. The summed E-state index contributed by atoms with van der Waals surface area (Å²) in [5, 5.41) is 7.27. The third kappa shape index (κ3) is 3.07. The van der Waals surface area contributed by atoms with Crippen LogP contribution in [0.4, 0.5) is 0 Å². The fourth-order valence-electron chi connectivity index (χ4n) is 3.25. The SMILES string of the molecule is Cn1nc2n(c1=O)CCC(NC(=O)Cc1nc3ccccc3o1)CC2. The molecule has 1 aliphatic heterocycles. The summed E-state index contributed by atoms with van der Waals surface area (Å²) < 4.78 is 8.64. The smallest absolute Gasteiger partial charge is 0.345 e. The molecule has 130 valence electrons. The molecule has 1 unspecified atom stereocenters. The van der Waals surface area contributed by atoms with E-state index in [1.165, 1.54) is 4.68 Å². The lowest BCUT2D eigenvalue weighted by Crippen LogP contribution is -2.36. The van der Waals surface area contributed by atoms with Crippen LogP contribution in [0.1, 0.15) is 24.6 Å². The summed E-state index contributed by atoms with van der Waals surface area (Å²) in [6.45, 7) is 0.565. The summed E-state index contributed by atoms with van der Waals surface area (Å²) in [7, 11) is 1.66. The van der Waals surface area contributed by atoms with Crippen molar-refractivity contribution in [2.45, 2.75) is 38.3 Å². The van der Waals surface area contributed by atoms with E-state index >= 15 is 0 Å². The summed E-state index contributed by atoms with van der Waals surface area (Å²) in [4.78, 5) is 28.6. The Hall–Kier alpha value is -2.90. The molecule has 0 saturated carbocycles. The first-order valence-electron chi connectivity index (χ1n) is 8.36. The second kappa shape index (κ2) is 6.19. The maximum atomic E-state index is 12.3. The number of aromatic nitrogens is 4. The van der Waals surface area contributed by atoms with Gasteiger partial charge in [-0.1, -0.05) is 12.1 Å². The molecule has 0 bridgehead atoms. The molecule has 1 atom stereocenters. The quantitative estimate of drug-likeness (QED) is 0.760. The van der Waals surface area contributed by atoms with Crippen LogP contribution in [0.2, 0.25) is 0 Å². The number of hydrogen-bond donors (Lipinski definition) is 1. The van der Waals surface area contributed by atoms with Crippen molar-refractivity contribution in [2.75, 3.05) is 0 Å². The standard InChI is InChI=1S/C17H19N5O3/c1-21-17(24)22-9-8-11(6-7-14(22)20-21)18-15(23)10-16-19-12-4-2-3-5-13(12)25-16/h2-5,11H,6-10H2,1H3,(H,18,23). The number of oxazole rings is 1. The topological polar surface area (TPSA) is 95.0 Å². The molecule has 1 aromatic carbocycles. The van der Waals surface area contributed by atoms with E-state index in [1.54, 1.807) is 11.6 Å². The lowest BCUT2D eigenvalue weighted by molar-refractivity contribution is -0.121. The predicted octanol–water partition coefficient (Wildman–Crippen LogP) is 0.787. The molecule has 0 fully saturated rings. The number of para-hydroxylation sites is 2. The highest BCUT2D eigenvalue weighted by molar-refractivity contribution is 5.79. The molecule has 1 N–H and O–H groups in total. The van der Waals surface area contributed by atoms with Gasteiger partial charge in [-0.05, 0) is 25.0 Å². The van der Waals surface area contributed by atoms with Gasteiger partial charge in [-0.2, -0.15) is 5.10 Å². The van der Waals surface area contributed by atoms with Crippen LogP contribution >= 0.6 is 0 Å². The number of carbonyl (C=O) groups is 1. The number of aryl methyl sites for hydroxylation is 2. The molecule has 1 amide bonds. The number of nitrogens with one attached hydrogen (secondary N) is 1. The Labute approximate surface area is 143 Å². The van der Waals surface area contributed by atoms with Crippen molar-refractivity contribution < 1.29 is 9.21 Å². The normalized spacial score (nSPS) is 17.2. The minimum absolute atomic E-state index is 0.0169. The van der Waals surface area contributed by atoms with Crippen LogP contribution in [0.3, 0.4) is 0 Å². The summed E-state index contributed by atoms with van der Waals surface area (Å²) >= 11 is 0. The summed E-state index contributed by atoms with van der Waals surface area (Å²) in [5.74, 6) is 1.07. The lowest BCUT2D eigenvalue weighted by atomic mass is 10.1. The molecule has 2 aromatic heterocycles. The first kappa shape index (κ1) is 15.6. The highest BCUT2D eigenvalue weighted by Crippen LogP contribution is 2.16. The molecule has 0 spiro atoms. The molecule has 8 nitrogen and oxygen atoms in total. The second-order valence-corrected chi connectivity index (χ2v) is 6.32. The van der Waals surface area contributed by atoms with Gasteiger partial charge in [0, 0.05) is 26.1 Å². The van der Waals surface area contributed by atoms with Crippen molar-refractivity contribution in [3.05, 3.63) is 46.5 Å². The highest BCUT2D eigenvalue weighted by Gasteiger charge is 2.22. The second-order valence-electron chi connectivity index (χ2n) is 6.32. The van der Waals surface area contributed by atoms with Crippen LogP contribution in [0, 0.1) is 0 Å². The molecular weight excluding hydrogens is 322 g/mol. The first-order chi connectivity index (χ1) is 12.1. The third-order valence-corrected chi connectivity index (χ3v) is 4.52. The van der Waals surface area contributed by atoms with Gasteiger partial charge in [0.15, 0.2) is 5.58 Å². The number of benzene rings is 1. The van der Waals surface area contributed by atoms with Gasteiger partial charge in [0.1, 0.15) is 17.8 Å². The van der Waals surface area contributed by atoms with E-state index in [2.05, 4.69) is 15.4 Å². The molecule has 0 radical (unpaired) electrons. The Balaban J connectivity index is 1.39. The number of fused-ring (bicyclic) bond motifs is 2. The van der Waals surface area contributed by atoms with E-state index in [9.17, 15) is 9.59 Å². The molecule has 4 rings (SSSR count). The molecule has 3 heterocycles. The Bertz CT molecular complexity index is 951. The van der Waals surface area contributed by atoms with Crippen molar-refractivity contribution in [3.63, 3.8) is 0 Å². The summed E-state index contributed by atoms with van der Waals surface area (Å²) in [6.07, 6.45) is 2.25. The summed E-state index contributed by atoms with van der Waals surface area (Å²) in [5.41, 5.74) is 1.33. The zero-order valence-electron chi connectivity index (χ0n) is 13.9. The maximum Gasteiger partial charge on any atom is 0.345 e. The van der Waals surface area contributed by atoms with Gasteiger partial charge in [-0.15, -0.1) is 0 Å². The lowest BCUT2D eigenvalue weighted by Gasteiger charge is -2.15. The van der Waals surface area contributed by atoms with E-state index < -0.39 is 0 Å². The van der Waals surface area contributed by atoms with Crippen LogP contribution in [0.25, 0.3) is 11.1 Å². The van der Waals surface area contributed by atoms with Gasteiger partial charge in [0.05, 0.1) is 0 Å². The van der Waals surface area contributed by atoms with Crippen LogP contribution in [-0.2, 0) is 31.2 Å².